The van der Waals surface area contributed by atoms with Gasteiger partial charge in [0, 0.05) is 183 Å². The summed E-state index contributed by atoms with van der Waals surface area (Å²) in [4.78, 5) is 170. The number of carbonyl (C=O) groups excluding carboxylic acids is 8. The molecule has 7 aromatic heterocycles. The van der Waals surface area contributed by atoms with Crippen LogP contribution < -0.4 is 20.4 Å². The number of ketones is 3. The summed E-state index contributed by atoms with van der Waals surface area (Å²) in [5.41, 5.74) is 16.6. The molecule has 4 N–H and O–H groups in total. The van der Waals surface area contributed by atoms with E-state index in [1.807, 2.05) is 84.0 Å². The number of fused-ring (bicyclic) bond motifs is 7. The van der Waals surface area contributed by atoms with Crippen LogP contribution in [0.4, 0.5) is 28.5 Å². The first kappa shape index (κ1) is 89.3. The van der Waals surface area contributed by atoms with Gasteiger partial charge in [0.15, 0.2) is 5.65 Å². The smallest absolute Gasteiger partial charge is 0.410 e. The zero-order valence-corrected chi connectivity index (χ0v) is 73.9. The predicted molar refractivity (Wildman–Crippen MR) is 478 cm³/mol. The first-order chi connectivity index (χ1) is 62.0. The van der Waals surface area contributed by atoms with E-state index in [0.29, 0.717) is 232 Å². The summed E-state index contributed by atoms with van der Waals surface area (Å²) in [6.07, 6.45) is 29.5. The van der Waals surface area contributed by atoms with Crippen LogP contribution in [0, 0.1) is 23.7 Å². The molecule has 8 aromatic rings. The number of nitrogen functional groups attached to an aromatic ring is 1. The lowest BCUT2D eigenvalue weighted by Crippen LogP contribution is -2.54. The standard InChI is InChI=1S/C95H116N20O13/c1-58-13-8-7-9-14-59(2)81(125-6)46-73-15-12-17-80(126-73)84(119)90(122)114-30-11-10-16-76(114)91(123)127-74(45-77(116)61(4)42-62(5)79(118)47-78(117)60(3)41-58)25-21-63-19-23-72(24-20-63)128-95(124)113-32-28-75-71(56-113)53-103-94(106-75)111-39-37-110(38-40-111)93-99-49-69(50-100-93)88(120)108-33-35-109(36-34-108)92-101-51-70(52-102-92)89(121)112-31-27-65-43-64(18-22-67(65)55-112)54-115-87-82(85(96)104-57-105-87)83(107-115)68-44-66-26-29-97-86(66)98-48-68/h7-9,13-14,18,22,26,29,42-44,48-53,57-58,60-61,63,72-74,76,79-81,118H,10-12,15-17,19-21,23-25,27-28,30-41,45-47,54-56H2,1-6H3,(H,97,98)(H2,96,104,105)/b9-7+,13-8+,59-14+,62-42+. The monoisotopic (exact) mass is 1740 g/mol. The van der Waals surface area contributed by atoms with Gasteiger partial charge >= 0.3 is 12.1 Å². The Balaban J connectivity index is 0.466. The van der Waals surface area contributed by atoms with Crippen molar-refractivity contribution in [1.29, 1.82) is 0 Å². The normalized spacial score (nSPS) is 26.2. The number of hydrogen-bond donors (Lipinski definition) is 3. The van der Waals surface area contributed by atoms with Gasteiger partial charge in [0.05, 0.1) is 53.6 Å². The molecule has 1 saturated carbocycles. The molecule has 14 heterocycles. The highest BCUT2D eigenvalue weighted by atomic mass is 16.6. The Morgan fingerprint density at radius 2 is 1.34 bits per heavy atom. The first-order valence-corrected chi connectivity index (χ1v) is 45.5. The molecule has 8 aliphatic rings. The van der Waals surface area contributed by atoms with E-state index in [1.54, 1.807) is 74.0 Å². The van der Waals surface area contributed by atoms with E-state index >= 15 is 0 Å². The second kappa shape index (κ2) is 40.5. The van der Waals surface area contributed by atoms with Gasteiger partial charge in [0.1, 0.15) is 59.4 Å². The Morgan fingerprint density at radius 3 is 2.09 bits per heavy atom. The molecule has 0 spiro atoms. The van der Waals surface area contributed by atoms with E-state index in [1.165, 1.54) is 11.2 Å². The average molecular weight is 1750 g/mol. The van der Waals surface area contributed by atoms with Crippen LogP contribution >= 0.6 is 0 Å². The maximum Gasteiger partial charge on any atom is 0.410 e. The molecule has 9 atom stereocenters. The van der Waals surface area contributed by atoms with Crippen LogP contribution in [0.2, 0.25) is 0 Å². The summed E-state index contributed by atoms with van der Waals surface area (Å²) < 4.78 is 26.6. The molecule has 0 radical (unpaired) electrons. The number of nitrogens with zero attached hydrogens (tertiary/aromatic N) is 18. The minimum absolute atomic E-state index is 0.0767. The zero-order chi connectivity index (χ0) is 89.2. The van der Waals surface area contributed by atoms with Crippen LogP contribution in [-0.4, -0.2) is 253 Å². The molecular weight excluding hydrogens is 1630 g/mol. The number of aromatic amines is 1. The Bertz CT molecular complexity index is 5510. The number of rotatable bonds is 13. The van der Waals surface area contributed by atoms with Gasteiger partial charge in [0.25, 0.3) is 17.7 Å². The van der Waals surface area contributed by atoms with Crippen molar-refractivity contribution in [2.75, 3.05) is 99.5 Å². The predicted octanol–water partition coefficient (Wildman–Crippen LogP) is 10.5. The molecule has 1 aromatic carbocycles. The summed E-state index contributed by atoms with van der Waals surface area (Å²) in [7, 11) is 1.64. The quantitative estimate of drug-likeness (QED) is 0.0548. The van der Waals surface area contributed by atoms with Crippen molar-refractivity contribution in [2.45, 2.75) is 212 Å². The molecule has 4 amide bonds. The number of piperazine rings is 2. The number of hydrogen-bond acceptors (Lipinski definition) is 27. The van der Waals surface area contributed by atoms with Gasteiger partial charge in [0.2, 0.25) is 23.6 Å². The second-order valence-electron chi connectivity index (χ2n) is 35.8. The molecule has 16 rings (SSSR count). The summed E-state index contributed by atoms with van der Waals surface area (Å²) in [6.45, 7) is 16.0. The number of aromatic nitrogens is 12. The molecular formula is C95H116N20O13. The van der Waals surface area contributed by atoms with E-state index < -0.39 is 54.0 Å². The summed E-state index contributed by atoms with van der Waals surface area (Å²) in [6, 6.07) is 9.26. The summed E-state index contributed by atoms with van der Waals surface area (Å²) in [5.74, 6) is -1.53. The van der Waals surface area contributed by atoms with Crippen LogP contribution in [0.25, 0.3) is 33.3 Å². The van der Waals surface area contributed by atoms with Crippen molar-refractivity contribution in [2.24, 2.45) is 23.7 Å². The van der Waals surface area contributed by atoms with E-state index in [2.05, 4.69) is 67.9 Å². The zero-order valence-electron chi connectivity index (χ0n) is 73.9. The van der Waals surface area contributed by atoms with Crippen molar-refractivity contribution < 1.29 is 62.4 Å². The van der Waals surface area contributed by atoms with Crippen LogP contribution in [0.15, 0.2) is 128 Å². The number of carbonyl (C=O) groups is 8. The van der Waals surface area contributed by atoms with Crippen LogP contribution in [0.1, 0.15) is 186 Å². The number of ether oxygens (including phenoxy) is 4. The fraction of sp³-hybridized carbons (Fsp3) is 0.516. The van der Waals surface area contributed by atoms with Crippen molar-refractivity contribution in [3.05, 3.63) is 167 Å². The number of Topliss-reactive ketones (excluding diaryl/α,β-unsaturated/α-hetero) is 3. The lowest BCUT2D eigenvalue weighted by molar-refractivity contribution is -0.167. The highest BCUT2D eigenvalue weighted by molar-refractivity contribution is 6.38. The molecule has 33 nitrogen and oxygen atoms in total. The van der Waals surface area contributed by atoms with Gasteiger partial charge in [-0.25, -0.2) is 59.1 Å². The Labute approximate surface area is 744 Å². The molecule has 7 aliphatic heterocycles. The first-order valence-electron chi connectivity index (χ1n) is 45.5. The van der Waals surface area contributed by atoms with Crippen LogP contribution in [-0.2, 0) is 75.4 Å². The van der Waals surface area contributed by atoms with Crippen molar-refractivity contribution in [1.82, 2.24) is 79.2 Å². The van der Waals surface area contributed by atoms with Crippen molar-refractivity contribution in [3.8, 4) is 11.3 Å². The minimum atomic E-state index is -1.09. The number of benzene rings is 1. The SMILES string of the molecule is COC1CC2CCCC(O2)C(=O)C(=O)N2CCCCC2C(=O)OC(CCC2CCC(OC(=O)N3CCc4nc(N5CCN(c6ncc(C(=O)N7CCN(c8ncc(C(=O)N9CCc%10cc(Cn%11nc(-c%12cnc%13[nH]ccc%13c%12)c%12c(N)ncnc%12%11)ccc%10C9)cn8)CC7)cn6)CC5)ncc4C3)CC2)CC(=O)C(C)/C=C(\C)C(O)CC(=O)C(C)CC(C)/C=C/C=C/C=C/1C. The molecule has 5 fully saturated rings. The highest BCUT2D eigenvalue weighted by Gasteiger charge is 2.43. The minimum Gasteiger partial charge on any atom is -0.460 e. The highest BCUT2D eigenvalue weighted by Crippen LogP contribution is 2.37. The average Bonchev–Trinajstić information content (AvgIpc) is 1.58. The lowest BCUT2D eigenvalue weighted by Gasteiger charge is -2.36. The number of amides is 4. The maximum atomic E-state index is 14.6. The summed E-state index contributed by atoms with van der Waals surface area (Å²) >= 11 is 0. The topological polar surface area (TPSA) is 392 Å². The second-order valence-corrected chi connectivity index (χ2v) is 35.8. The molecule has 674 valence electrons. The number of anilines is 4. The Hall–Kier alpha value is -12.1. The van der Waals surface area contributed by atoms with E-state index in [-0.39, 0.29) is 78.8 Å². The number of allylic oxidation sites excluding steroid dienone is 6. The van der Waals surface area contributed by atoms with Crippen molar-refractivity contribution >= 4 is 92.9 Å². The molecule has 33 heteroatoms. The number of aliphatic hydroxyl groups is 1. The number of pyridine rings is 1. The number of nitrogens with two attached hydrogens (primary N) is 1. The van der Waals surface area contributed by atoms with Gasteiger partial charge in [-0.15, -0.1) is 0 Å². The molecule has 2 bridgehead atoms. The van der Waals surface area contributed by atoms with E-state index in [4.69, 9.17) is 39.7 Å². The van der Waals surface area contributed by atoms with Crippen molar-refractivity contribution in [3.63, 3.8) is 0 Å². The molecule has 1 aliphatic carbocycles. The van der Waals surface area contributed by atoms with E-state index in [9.17, 15) is 43.5 Å². The Kier molecular flexibility index (Phi) is 28.2. The fourth-order valence-corrected chi connectivity index (χ4v) is 19.1. The van der Waals surface area contributed by atoms with E-state index in [0.717, 1.165) is 63.0 Å². The van der Waals surface area contributed by atoms with Crippen LogP contribution in [0.3, 0.4) is 0 Å². The van der Waals surface area contributed by atoms with Gasteiger partial charge in [-0.05, 0) is 156 Å². The number of methoxy groups -OCH3 is 1. The third-order valence-electron chi connectivity index (χ3n) is 26.8. The van der Waals surface area contributed by atoms with Gasteiger partial charge in [-0.3, -0.25) is 28.8 Å². The molecule has 4 saturated heterocycles. The van der Waals surface area contributed by atoms with Gasteiger partial charge < -0.3 is 69.1 Å². The summed E-state index contributed by atoms with van der Waals surface area (Å²) in [5, 5.41) is 17.9. The van der Waals surface area contributed by atoms with Gasteiger partial charge in [-0.2, -0.15) is 5.10 Å². The number of esters is 1. The largest absolute Gasteiger partial charge is 0.460 e. The molecule has 128 heavy (non-hydrogen) atoms. The lowest BCUT2D eigenvalue weighted by atomic mass is 9.83. The third kappa shape index (κ3) is 21.0. The molecule has 9 unspecified atom stereocenters. The number of nitrogens with one attached hydrogen (secondary N) is 1. The number of cyclic esters (lactones) is 1. The Morgan fingerprint density at radius 1 is 0.641 bits per heavy atom. The number of piperidine rings is 1. The third-order valence-corrected chi connectivity index (χ3v) is 26.8. The maximum absolute atomic E-state index is 14.6. The van der Waals surface area contributed by atoms with Gasteiger partial charge in [-0.1, -0.05) is 75.4 Å². The fourth-order valence-electron chi connectivity index (χ4n) is 19.1. The van der Waals surface area contributed by atoms with Crippen LogP contribution in [0.5, 0.6) is 0 Å². The number of aliphatic hydroxyl groups excluding tert-OH is 1. The number of H-pyrrole nitrogens is 1.